The molecule has 0 aromatic heterocycles. The smallest absolute Gasteiger partial charge is 0.213 e. The van der Waals surface area contributed by atoms with Crippen LogP contribution in [0.3, 0.4) is 0 Å². The Morgan fingerprint density at radius 2 is 1.85 bits per heavy atom. The summed E-state index contributed by atoms with van der Waals surface area (Å²) < 4.78 is 32.5. The van der Waals surface area contributed by atoms with Crippen LogP contribution in [0.2, 0.25) is 0 Å². The molecule has 0 aromatic rings. The Morgan fingerprint density at radius 1 is 1.12 bits per heavy atom. The third kappa shape index (κ3) is 9.70. The Labute approximate surface area is 175 Å². The SMILES string of the molecule is CCNC(=NCCS(=O)(=O)NCC1CCCCO1)NC1CCCCC1.I. The molecule has 2 fully saturated rings. The summed E-state index contributed by atoms with van der Waals surface area (Å²) in [5.74, 6) is 0.723. The van der Waals surface area contributed by atoms with E-state index >= 15 is 0 Å². The van der Waals surface area contributed by atoms with Crippen LogP contribution in [0.15, 0.2) is 4.99 Å². The maximum atomic E-state index is 12.1. The number of nitrogens with zero attached hydrogens (tertiary/aromatic N) is 1. The van der Waals surface area contributed by atoms with Crippen molar-refractivity contribution in [3.8, 4) is 0 Å². The fraction of sp³-hybridized carbons (Fsp3) is 0.941. The van der Waals surface area contributed by atoms with E-state index in [-0.39, 0.29) is 42.4 Å². The number of ether oxygens (including phenoxy) is 1. The largest absolute Gasteiger partial charge is 0.377 e. The lowest BCUT2D eigenvalue weighted by Crippen LogP contribution is -2.44. The zero-order valence-corrected chi connectivity index (χ0v) is 19.0. The summed E-state index contributed by atoms with van der Waals surface area (Å²) in [7, 11) is -3.32. The Balaban J connectivity index is 0.00000338. The van der Waals surface area contributed by atoms with Gasteiger partial charge in [0, 0.05) is 25.7 Å². The molecule has 0 spiro atoms. The van der Waals surface area contributed by atoms with Gasteiger partial charge in [-0.3, -0.25) is 4.99 Å². The number of guanidine groups is 1. The van der Waals surface area contributed by atoms with Crippen LogP contribution in [0.1, 0.15) is 58.3 Å². The second-order valence-electron chi connectivity index (χ2n) is 6.90. The van der Waals surface area contributed by atoms with Gasteiger partial charge in [-0.25, -0.2) is 13.1 Å². The average Bonchev–Trinajstić information content (AvgIpc) is 2.62. The predicted molar refractivity (Wildman–Crippen MR) is 117 cm³/mol. The van der Waals surface area contributed by atoms with E-state index in [9.17, 15) is 8.42 Å². The second kappa shape index (κ2) is 13.1. The highest BCUT2D eigenvalue weighted by molar-refractivity contribution is 14.0. The van der Waals surface area contributed by atoms with E-state index in [0.29, 0.717) is 12.6 Å². The lowest BCUT2D eigenvalue weighted by Gasteiger charge is -2.25. The number of nitrogens with one attached hydrogen (secondary N) is 3. The van der Waals surface area contributed by atoms with Crippen molar-refractivity contribution in [1.82, 2.24) is 15.4 Å². The summed E-state index contributed by atoms with van der Waals surface area (Å²) in [5.41, 5.74) is 0. The summed E-state index contributed by atoms with van der Waals surface area (Å²) in [6.45, 7) is 4.13. The number of aliphatic imine (C=N–C) groups is 1. The molecule has 1 saturated carbocycles. The Morgan fingerprint density at radius 3 is 2.50 bits per heavy atom. The van der Waals surface area contributed by atoms with E-state index in [1.54, 1.807) is 0 Å². The quantitative estimate of drug-likeness (QED) is 0.268. The molecule has 9 heteroatoms. The minimum atomic E-state index is -3.32. The van der Waals surface area contributed by atoms with Crippen LogP contribution in [-0.4, -0.2) is 58.5 Å². The molecule has 1 atom stereocenters. The van der Waals surface area contributed by atoms with E-state index in [2.05, 4.69) is 20.3 Å². The molecule has 0 aromatic carbocycles. The van der Waals surface area contributed by atoms with Crippen molar-refractivity contribution in [3.05, 3.63) is 0 Å². The van der Waals surface area contributed by atoms with Crippen LogP contribution in [0.5, 0.6) is 0 Å². The van der Waals surface area contributed by atoms with E-state index in [1.165, 1.54) is 19.3 Å². The van der Waals surface area contributed by atoms with Gasteiger partial charge in [0.05, 0.1) is 18.4 Å². The molecule has 1 saturated heterocycles. The minimum Gasteiger partial charge on any atom is -0.377 e. The zero-order valence-electron chi connectivity index (χ0n) is 15.8. The first-order chi connectivity index (χ1) is 12.1. The highest BCUT2D eigenvalue weighted by Gasteiger charge is 2.18. The molecular formula is C17H35IN4O3S. The number of sulfonamides is 1. The fourth-order valence-electron chi connectivity index (χ4n) is 3.30. The van der Waals surface area contributed by atoms with E-state index in [0.717, 1.165) is 51.2 Å². The first-order valence-electron chi connectivity index (χ1n) is 9.73. The molecule has 1 aliphatic carbocycles. The molecule has 0 bridgehead atoms. The molecule has 7 nitrogen and oxygen atoms in total. The van der Waals surface area contributed by atoms with Gasteiger partial charge in [-0.15, -0.1) is 24.0 Å². The topological polar surface area (TPSA) is 91.8 Å². The van der Waals surface area contributed by atoms with E-state index in [4.69, 9.17) is 4.74 Å². The molecule has 1 unspecified atom stereocenters. The molecular weight excluding hydrogens is 467 g/mol. The first-order valence-corrected chi connectivity index (χ1v) is 11.4. The average molecular weight is 502 g/mol. The van der Waals surface area contributed by atoms with Crippen molar-refractivity contribution in [1.29, 1.82) is 0 Å². The lowest BCUT2D eigenvalue weighted by molar-refractivity contribution is 0.0200. The summed E-state index contributed by atoms with van der Waals surface area (Å²) in [5, 5.41) is 6.63. The van der Waals surface area contributed by atoms with Crippen molar-refractivity contribution in [2.45, 2.75) is 70.4 Å². The Hall–Kier alpha value is -0.130. The van der Waals surface area contributed by atoms with Gasteiger partial charge in [-0.1, -0.05) is 19.3 Å². The van der Waals surface area contributed by atoms with Crippen LogP contribution >= 0.6 is 24.0 Å². The van der Waals surface area contributed by atoms with Gasteiger partial charge >= 0.3 is 0 Å². The standard InChI is InChI=1S/C17H34N4O3S.HI/c1-2-18-17(21-15-8-4-3-5-9-15)19-11-13-25(22,23)20-14-16-10-6-7-12-24-16;/h15-16,20H,2-14H2,1H3,(H2,18,19,21);1H. The molecule has 1 aliphatic heterocycles. The summed E-state index contributed by atoms with van der Waals surface area (Å²) in [6, 6.07) is 0.449. The van der Waals surface area contributed by atoms with Gasteiger partial charge in [0.2, 0.25) is 10.0 Å². The molecule has 0 radical (unpaired) electrons. The Bertz CT molecular complexity index is 504. The molecule has 0 amide bonds. The number of hydrogen-bond donors (Lipinski definition) is 3. The van der Waals surface area contributed by atoms with Crippen LogP contribution in [-0.2, 0) is 14.8 Å². The second-order valence-corrected chi connectivity index (χ2v) is 8.82. The van der Waals surface area contributed by atoms with Gasteiger partial charge in [0.25, 0.3) is 0 Å². The van der Waals surface area contributed by atoms with Gasteiger partial charge < -0.3 is 15.4 Å². The third-order valence-corrected chi connectivity index (χ3v) is 6.05. The van der Waals surface area contributed by atoms with Crippen molar-refractivity contribution < 1.29 is 13.2 Å². The highest BCUT2D eigenvalue weighted by atomic mass is 127. The van der Waals surface area contributed by atoms with Crippen LogP contribution in [0, 0.1) is 0 Å². The van der Waals surface area contributed by atoms with Gasteiger partial charge in [0.1, 0.15) is 0 Å². The van der Waals surface area contributed by atoms with Crippen LogP contribution in [0.4, 0.5) is 0 Å². The van der Waals surface area contributed by atoms with Gasteiger partial charge in [-0.2, -0.15) is 0 Å². The summed E-state index contributed by atoms with van der Waals surface area (Å²) in [6.07, 6.45) is 9.23. The number of rotatable bonds is 8. The molecule has 2 aliphatic rings. The molecule has 2 rings (SSSR count). The van der Waals surface area contributed by atoms with Crippen molar-refractivity contribution >= 4 is 40.0 Å². The van der Waals surface area contributed by atoms with Crippen molar-refractivity contribution in [2.24, 2.45) is 4.99 Å². The molecule has 3 N–H and O–H groups in total. The Kier molecular flexibility index (Phi) is 12.1. The summed E-state index contributed by atoms with van der Waals surface area (Å²) >= 11 is 0. The molecule has 154 valence electrons. The van der Waals surface area contributed by atoms with Crippen LogP contribution in [0.25, 0.3) is 0 Å². The maximum absolute atomic E-state index is 12.1. The van der Waals surface area contributed by atoms with Crippen molar-refractivity contribution in [2.75, 3.05) is 32.0 Å². The van der Waals surface area contributed by atoms with Gasteiger partial charge in [-0.05, 0) is 39.0 Å². The molecule has 26 heavy (non-hydrogen) atoms. The van der Waals surface area contributed by atoms with Gasteiger partial charge in [0.15, 0.2) is 5.96 Å². The highest BCUT2D eigenvalue weighted by Crippen LogP contribution is 2.17. The first kappa shape index (κ1) is 23.9. The summed E-state index contributed by atoms with van der Waals surface area (Å²) in [4.78, 5) is 4.43. The van der Waals surface area contributed by atoms with Crippen LogP contribution < -0.4 is 15.4 Å². The monoisotopic (exact) mass is 502 g/mol. The van der Waals surface area contributed by atoms with E-state index < -0.39 is 10.0 Å². The maximum Gasteiger partial charge on any atom is 0.213 e. The zero-order chi connectivity index (χ0) is 18.0. The molecule has 1 heterocycles. The normalized spacial score (nSPS) is 22.5. The predicted octanol–water partition coefficient (Wildman–Crippen LogP) is 1.98. The lowest BCUT2D eigenvalue weighted by atomic mass is 9.96. The number of hydrogen-bond acceptors (Lipinski definition) is 4. The number of halogens is 1. The fourth-order valence-corrected chi connectivity index (χ4v) is 4.21. The van der Waals surface area contributed by atoms with E-state index in [1.807, 2.05) is 6.92 Å². The van der Waals surface area contributed by atoms with Crippen molar-refractivity contribution in [3.63, 3.8) is 0 Å². The minimum absolute atomic E-state index is 0. The third-order valence-electron chi connectivity index (χ3n) is 4.73.